The van der Waals surface area contributed by atoms with Crippen molar-refractivity contribution < 1.29 is 14.6 Å². The monoisotopic (exact) mass is 451 g/mol. The molecule has 0 spiro atoms. The molecule has 8 heteroatoms. The predicted octanol–water partition coefficient (Wildman–Crippen LogP) is 2.23. The molecule has 0 fully saturated rings. The van der Waals surface area contributed by atoms with Crippen molar-refractivity contribution >= 4 is 5.91 Å². The Balaban J connectivity index is 1.91. The molecule has 176 valence electrons. The lowest BCUT2D eigenvalue weighted by atomic mass is 9.99. The topological polar surface area (TPSA) is 91.7 Å². The summed E-state index contributed by atoms with van der Waals surface area (Å²) < 4.78 is 6.33. The summed E-state index contributed by atoms with van der Waals surface area (Å²) in [6, 6.07) is 1.42. The minimum absolute atomic E-state index is 0.0211. The summed E-state index contributed by atoms with van der Waals surface area (Å²) in [5.41, 5.74) is 2.06. The first kappa shape index (κ1) is 24.6. The van der Waals surface area contributed by atoms with Gasteiger partial charge in [0.05, 0.1) is 12.6 Å². The predicted molar refractivity (Wildman–Crippen MR) is 125 cm³/mol. The maximum Gasteiger partial charge on any atom is 0.259 e. The first-order chi connectivity index (χ1) is 15.8. The zero-order chi connectivity index (χ0) is 24.0. The quantitative estimate of drug-likeness (QED) is 0.674. The van der Waals surface area contributed by atoms with Gasteiger partial charge < -0.3 is 14.7 Å². The molecule has 0 bridgehead atoms. The van der Waals surface area contributed by atoms with Crippen LogP contribution in [0.15, 0.2) is 31.0 Å². The van der Waals surface area contributed by atoms with Crippen molar-refractivity contribution in [3.05, 3.63) is 47.7 Å². The number of likely N-dealkylation sites (N-methyl/N-ethyl adjacent to an activating group) is 1. The number of aliphatic hydroxyl groups excluding tert-OH is 1. The van der Waals surface area contributed by atoms with E-state index in [0.29, 0.717) is 36.6 Å². The number of hydrogen-bond acceptors (Lipinski definition) is 7. The number of amides is 1. The van der Waals surface area contributed by atoms with E-state index < -0.39 is 0 Å². The van der Waals surface area contributed by atoms with Gasteiger partial charge in [0, 0.05) is 61.2 Å². The Morgan fingerprint density at radius 3 is 2.67 bits per heavy atom. The summed E-state index contributed by atoms with van der Waals surface area (Å²) in [7, 11) is 2.01. The molecule has 33 heavy (non-hydrogen) atoms. The summed E-state index contributed by atoms with van der Waals surface area (Å²) in [5, 5.41) is 9.79. The second kappa shape index (κ2) is 11.2. The highest BCUT2D eigenvalue weighted by molar-refractivity contribution is 5.97. The molecule has 3 rings (SSSR count). The van der Waals surface area contributed by atoms with E-state index in [4.69, 9.17) is 4.74 Å². The van der Waals surface area contributed by atoms with Crippen molar-refractivity contribution in [3.63, 3.8) is 0 Å². The van der Waals surface area contributed by atoms with Gasteiger partial charge in [-0.05, 0) is 20.0 Å². The molecule has 0 unspecified atom stereocenters. The third-order valence-corrected chi connectivity index (χ3v) is 5.58. The number of carbonyl (C=O) groups excluding carboxylic acids is 1. The van der Waals surface area contributed by atoms with Crippen LogP contribution in [0, 0.1) is 23.7 Å². The third-order valence-electron chi connectivity index (χ3n) is 5.58. The molecule has 0 aromatic carbocycles. The molecule has 8 nitrogen and oxygen atoms in total. The Kier molecular flexibility index (Phi) is 8.37. The van der Waals surface area contributed by atoms with Gasteiger partial charge in [-0.2, -0.15) is 0 Å². The molecule has 0 radical (unpaired) electrons. The molecule has 0 aliphatic carbocycles. The number of aromatic nitrogens is 3. The maximum absolute atomic E-state index is 13.4. The van der Waals surface area contributed by atoms with Crippen LogP contribution in [-0.4, -0.2) is 74.7 Å². The summed E-state index contributed by atoms with van der Waals surface area (Å²) in [6.07, 6.45) is 6.55. The summed E-state index contributed by atoms with van der Waals surface area (Å²) in [6.45, 7) is 9.58. The van der Waals surface area contributed by atoms with E-state index >= 15 is 0 Å². The van der Waals surface area contributed by atoms with Crippen LogP contribution in [0.2, 0.25) is 0 Å². The summed E-state index contributed by atoms with van der Waals surface area (Å²) in [4.78, 5) is 29.9. The van der Waals surface area contributed by atoms with Crippen LogP contribution in [0.25, 0.3) is 0 Å². The second-order valence-electron chi connectivity index (χ2n) is 9.07. The first-order valence-corrected chi connectivity index (χ1v) is 11.3. The fourth-order valence-corrected chi connectivity index (χ4v) is 3.71. The fourth-order valence-electron chi connectivity index (χ4n) is 3.71. The first-order valence-electron chi connectivity index (χ1n) is 11.3. The van der Waals surface area contributed by atoms with Gasteiger partial charge in [0.1, 0.15) is 18.0 Å². The number of hydrogen-bond donors (Lipinski definition) is 1. The number of carbonyl (C=O) groups is 1. The minimum atomic E-state index is -0.323. The zero-order valence-corrected chi connectivity index (χ0v) is 20.0. The Hall–Kier alpha value is -3.02. The Bertz CT molecular complexity index is 1000. The van der Waals surface area contributed by atoms with Gasteiger partial charge in [0.2, 0.25) is 5.88 Å². The lowest BCUT2D eigenvalue weighted by molar-refractivity contribution is 0.0325. The molecule has 2 aromatic rings. The van der Waals surface area contributed by atoms with E-state index in [1.165, 1.54) is 6.33 Å². The molecule has 1 amide bonds. The average molecular weight is 452 g/mol. The highest BCUT2D eigenvalue weighted by atomic mass is 16.5. The van der Waals surface area contributed by atoms with Crippen molar-refractivity contribution in [2.45, 2.75) is 46.4 Å². The zero-order valence-electron chi connectivity index (χ0n) is 20.0. The largest absolute Gasteiger partial charge is 0.472 e. The lowest BCUT2D eigenvalue weighted by Crippen LogP contribution is -2.49. The number of fused-ring (bicyclic) bond motifs is 1. The van der Waals surface area contributed by atoms with E-state index in [0.717, 1.165) is 5.56 Å². The maximum atomic E-state index is 13.4. The third kappa shape index (κ3) is 6.50. The van der Waals surface area contributed by atoms with E-state index in [2.05, 4.69) is 38.6 Å². The van der Waals surface area contributed by atoms with E-state index in [1.54, 1.807) is 29.6 Å². The molecule has 0 saturated carbocycles. The lowest BCUT2D eigenvalue weighted by Gasteiger charge is -2.37. The number of ether oxygens (including phenoxy) is 1. The molecule has 1 aliphatic heterocycles. The van der Waals surface area contributed by atoms with Crippen LogP contribution >= 0.6 is 0 Å². The van der Waals surface area contributed by atoms with Crippen LogP contribution < -0.4 is 4.74 Å². The number of pyridine rings is 1. The molecule has 3 atom stereocenters. The Morgan fingerprint density at radius 2 is 2.00 bits per heavy atom. The van der Waals surface area contributed by atoms with E-state index in [1.807, 2.05) is 27.8 Å². The highest BCUT2D eigenvalue weighted by Gasteiger charge is 2.34. The molecular formula is C25H33N5O3. The van der Waals surface area contributed by atoms with Crippen molar-refractivity contribution in [2.24, 2.45) is 11.8 Å². The van der Waals surface area contributed by atoms with Gasteiger partial charge in [0.25, 0.3) is 5.91 Å². The summed E-state index contributed by atoms with van der Waals surface area (Å²) in [5.74, 6) is 6.52. The van der Waals surface area contributed by atoms with Gasteiger partial charge in [-0.1, -0.05) is 32.6 Å². The standard InChI is InChI=1S/C25H33N5O3/c1-17(2)6-7-20-8-22-24(28-11-20)33-23(14-29(5)13-21-9-26-16-27-10-21)18(3)12-30(25(22)32)19(4)15-31/h8-11,16-19,23,31H,12-15H2,1-5H3/t18-,19-,23+/m1/s1. The van der Waals surface area contributed by atoms with E-state index in [9.17, 15) is 9.90 Å². The van der Waals surface area contributed by atoms with E-state index in [-0.39, 0.29) is 36.5 Å². The van der Waals surface area contributed by atoms with Crippen LogP contribution in [0.5, 0.6) is 5.88 Å². The van der Waals surface area contributed by atoms with Crippen LogP contribution in [-0.2, 0) is 6.54 Å². The molecule has 1 N–H and O–H groups in total. The highest BCUT2D eigenvalue weighted by Crippen LogP contribution is 2.27. The molecule has 0 saturated heterocycles. The van der Waals surface area contributed by atoms with Gasteiger partial charge in [-0.25, -0.2) is 15.0 Å². The van der Waals surface area contributed by atoms with Crippen molar-refractivity contribution in [1.29, 1.82) is 0 Å². The SMILES string of the molecule is CC(C)C#Cc1cnc2c(c1)C(=O)N([C@H](C)CO)C[C@@H](C)[C@H](CN(C)Cc1cncnc1)O2. The van der Waals surface area contributed by atoms with Gasteiger partial charge in [0.15, 0.2) is 0 Å². The van der Waals surface area contributed by atoms with Crippen molar-refractivity contribution in [2.75, 3.05) is 26.7 Å². The van der Waals surface area contributed by atoms with Gasteiger partial charge >= 0.3 is 0 Å². The van der Waals surface area contributed by atoms with Crippen LogP contribution in [0.1, 0.15) is 49.2 Å². The molecular weight excluding hydrogens is 418 g/mol. The van der Waals surface area contributed by atoms with Crippen molar-refractivity contribution in [3.8, 4) is 17.7 Å². The second-order valence-corrected chi connectivity index (χ2v) is 9.07. The molecule has 1 aliphatic rings. The molecule has 3 heterocycles. The van der Waals surface area contributed by atoms with Crippen LogP contribution in [0.3, 0.4) is 0 Å². The van der Waals surface area contributed by atoms with Crippen LogP contribution in [0.4, 0.5) is 0 Å². The smallest absolute Gasteiger partial charge is 0.259 e. The van der Waals surface area contributed by atoms with Gasteiger partial charge in [-0.3, -0.25) is 9.69 Å². The average Bonchev–Trinajstić information content (AvgIpc) is 2.80. The number of aliphatic hydroxyl groups is 1. The normalized spacial score (nSPS) is 19.3. The Labute approximate surface area is 196 Å². The number of rotatable bonds is 6. The van der Waals surface area contributed by atoms with Gasteiger partial charge in [-0.15, -0.1) is 0 Å². The number of nitrogens with zero attached hydrogens (tertiary/aromatic N) is 5. The minimum Gasteiger partial charge on any atom is -0.472 e. The Morgan fingerprint density at radius 1 is 1.27 bits per heavy atom. The summed E-state index contributed by atoms with van der Waals surface area (Å²) >= 11 is 0. The molecule has 2 aromatic heterocycles. The fraction of sp³-hybridized carbons (Fsp3) is 0.520. The van der Waals surface area contributed by atoms with Crippen molar-refractivity contribution in [1.82, 2.24) is 24.8 Å².